The SMILES string of the molecule is CC(O)(O)ONc1cccc(N)c1. The summed E-state index contributed by atoms with van der Waals surface area (Å²) in [6, 6.07) is 6.71. The topological polar surface area (TPSA) is 87.7 Å². The predicted molar refractivity (Wildman–Crippen MR) is 48.4 cm³/mol. The normalized spacial score (nSPS) is 11.3. The Morgan fingerprint density at radius 1 is 1.46 bits per heavy atom. The third-order valence-corrected chi connectivity index (χ3v) is 1.25. The van der Waals surface area contributed by atoms with Crippen LogP contribution in [0, 0.1) is 0 Å². The van der Waals surface area contributed by atoms with Crippen molar-refractivity contribution in [1.82, 2.24) is 0 Å². The molecule has 0 saturated carbocycles. The Morgan fingerprint density at radius 3 is 2.69 bits per heavy atom. The van der Waals surface area contributed by atoms with Crippen molar-refractivity contribution in [3.8, 4) is 0 Å². The maximum absolute atomic E-state index is 8.79. The number of rotatable bonds is 3. The predicted octanol–water partition coefficient (Wildman–Crippen LogP) is 0.271. The van der Waals surface area contributed by atoms with Crippen LogP contribution in [0.3, 0.4) is 0 Å². The summed E-state index contributed by atoms with van der Waals surface area (Å²) < 4.78 is 0. The molecule has 0 aromatic heterocycles. The van der Waals surface area contributed by atoms with E-state index in [4.69, 9.17) is 15.9 Å². The van der Waals surface area contributed by atoms with Crippen molar-refractivity contribution in [2.45, 2.75) is 12.9 Å². The average Bonchev–Trinajstić information content (AvgIpc) is 2.00. The molecule has 72 valence electrons. The summed E-state index contributed by atoms with van der Waals surface area (Å²) in [5, 5.41) is 17.6. The van der Waals surface area contributed by atoms with E-state index < -0.39 is 5.97 Å². The fourth-order valence-corrected chi connectivity index (χ4v) is 0.758. The Balaban J connectivity index is 2.55. The summed E-state index contributed by atoms with van der Waals surface area (Å²) in [5.41, 5.74) is 8.93. The smallest absolute Gasteiger partial charge is 0.297 e. The average molecular weight is 184 g/mol. The van der Waals surface area contributed by atoms with E-state index in [1.54, 1.807) is 24.3 Å². The molecule has 1 aromatic carbocycles. The number of nitrogen functional groups attached to an aromatic ring is 1. The van der Waals surface area contributed by atoms with E-state index >= 15 is 0 Å². The summed E-state index contributed by atoms with van der Waals surface area (Å²) in [4.78, 5) is 4.48. The second kappa shape index (κ2) is 3.61. The molecule has 0 aliphatic heterocycles. The summed E-state index contributed by atoms with van der Waals surface area (Å²) in [6.45, 7) is 1.09. The van der Waals surface area contributed by atoms with Crippen molar-refractivity contribution >= 4 is 11.4 Å². The van der Waals surface area contributed by atoms with Crippen LogP contribution in [0.5, 0.6) is 0 Å². The quantitative estimate of drug-likeness (QED) is 0.308. The number of anilines is 2. The van der Waals surface area contributed by atoms with Crippen LogP contribution < -0.4 is 11.2 Å². The van der Waals surface area contributed by atoms with E-state index in [2.05, 4.69) is 10.3 Å². The van der Waals surface area contributed by atoms with Gasteiger partial charge in [-0.25, -0.2) is 4.84 Å². The van der Waals surface area contributed by atoms with E-state index in [0.717, 1.165) is 6.92 Å². The van der Waals surface area contributed by atoms with Crippen LogP contribution in [0.15, 0.2) is 24.3 Å². The first-order valence-corrected chi connectivity index (χ1v) is 3.72. The first-order valence-electron chi connectivity index (χ1n) is 3.72. The molecule has 0 aliphatic rings. The molecule has 0 unspecified atom stereocenters. The van der Waals surface area contributed by atoms with Gasteiger partial charge in [0.25, 0.3) is 5.97 Å². The van der Waals surface area contributed by atoms with Crippen molar-refractivity contribution in [3.63, 3.8) is 0 Å². The molecule has 0 amide bonds. The summed E-state index contributed by atoms with van der Waals surface area (Å²) >= 11 is 0. The van der Waals surface area contributed by atoms with Crippen LogP contribution in [0.2, 0.25) is 0 Å². The summed E-state index contributed by atoms with van der Waals surface area (Å²) in [5.74, 6) is -2.20. The molecule has 13 heavy (non-hydrogen) atoms. The van der Waals surface area contributed by atoms with Gasteiger partial charge in [0.05, 0.1) is 5.69 Å². The Morgan fingerprint density at radius 2 is 2.15 bits per heavy atom. The lowest BCUT2D eigenvalue weighted by Crippen LogP contribution is -2.29. The highest BCUT2D eigenvalue weighted by Crippen LogP contribution is 2.13. The molecule has 0 heterocycles. The van der Waals surface area contributed by atoms with Crippen LogP contribution in [0.4, 0.5) is 11.4 Å². The number of benzene rings is 1. The van der Waals surface area contributed by atoms with Gasteiger partial charge in [-0.15, -0.1) is 0 Å². The minimum Gasteiger partial charge on any atom is -0.399 e. The van der Waals surface area contributed by atoms with E-state index in [-0.39, 0.29) is 0 Å². The van der Waals surface area contributed by atoms with Crippen LogP contribution in [0.1, 0.15) is 6.92 Å². The minimum absolute atomic E-state index is 0.550. The van der Waals surface area contributed by atoms with Gasteiger partial charge in [-0.05, 0) is 18.2 Å². The number of nitrogens with two attached hydrogens (primary N) is 1. The molecule has 1 rings (SSSR count). The number of hydrogen-bond acceptors (Lipinski definition) is 5. The molecule has 5 N–H and O–H groups in total. The third-order valence-electron chi connectivity index (χ3n) is 1.25. The highest BCUT2D eigenvalue weighted by atomic mass is 16.8. The van der Waals surface area contributed by atoms with E-state index in [0.29, 0.717) is 11.4 Å². The highest BCUT2D eigenvalue weighted by Gasteiger charge is 2.15. The van der Waals surface area contributed by atoms with Crippen LogP contribution in [0.25, 0.3) is 0 Å². The fraction of sp³-hybridized carbons (Fsp3) is 0.250. The van der Waals surface area contributed by atoms with Gasteiger partial charge >= 0.3 is 0 Å². The van der Waals surface area contributed by atoms with Gasteiger partial charge in [0.1, 0.15) is 0 Å². The first-order chi connectivity index (χ1) is 5.97. The van der Waals surface area contributed by atoms with Gasteiger partial charge in [0, 0.05) is 12.6 Å². The molecule has 0 spiro atoms. The maximum atomic E-state index is 8.79. The lowest BCUT2D eigenvalue weighted by Gasteiger charge is -2.16. The van der Waals surface area contributed by atoms with Crippen molar-refractivity contribution in [2.24, 2.45) is 0 Å². The van der Waals surface area contributed by atoms with Gasteiger partial charge in [0.2, 0.25) is 0 Å². The number of hydrogen-bond donors (Lipinski definition) is 4. The molecule has 0 radical (unpaired) electrons. The molecule has 5 heteroatoms. The summed E-state index contributed by atoms with van der Waals surface area (Å²) in [6.07, 6.45) is 0. The van der Waals surface area contributed by atoms with Gasteiger partial charge in [-0.1, -0.05) is 6.07 Å². The maximum Gasteiger partial charge on any atom is 0.297 e. The van der Waals surface area contributed by atoms with Gasteiger partial charge in [0.15, 0.2) is 0 Å². The second-order valence-corrected chi connectivity index (χ2v) is 2.76. The molecule has 0 bridgehead atoms. The van der Waals surface area contributed by atoms with Crippen LogP contribution in [-0.4, -0.2) is 16.2 Å². The molecule has 0 fully saturated rings. The summed E-state index contributed by atoms with van der Waals surface area (Å²) in [7, 11) is 0. The van der Waals surface area contributed by atoms with Crippen molar-refractivity contribution in [3.05, 3.63) is 24.3 Å². The number of nitrogens with one attached hydrogen (secondary N) is 1. The fourth-order valence-electron chi connectivity index (χ4n) is 0.758. The van der Waals surface area contributed by atoms with Gasteiger partial charge in [-0.2, -0.15) is 0 Å². The Bertz CT molecular complexity index is 283. The van der Waals surface area contributed by atoms with Gasteiger partial charge < -0.3 is 15.9 Å². The molecule has 1 aromatic rings. The van der Waals surface area contributed by atoms with Gasteiger partial charge in [-0.3, -0.25) is 5.48 Å². The molecule has 0 aliphatic carbocycles. The monoisotopic (exact) mass is 184 g/mol. The van der Waals surface area contributed by atoms with Crippen molar-refractivity contribution in [1.29, 1.82) is 0 Å². The number of aliphatic hydroxyl groups is 2. The standard InChI is InChI=1S/C8H12N2O3/c1-8(11,12)13-10-7-4-2-3-6(9)5-7/h2-5,10-12H,9H2,1H3. The second-order valence-electron chi connectivity index (χ2n) is 2.76. The molecule has 5 nitrogen and oxygen atoms in total. The molecule has 0 atom stereocenters. The van der Waals surface area contributed by atoms with E-state index in [1.165, 1.54) is 0 Å². The third kappa shape index (κ3) is 3.75. The Labute approximate surface area is 75.7 Å². The zero-order chi connectivity index (χ0) is 9.90. The Hall–Kier alpha value is -1.30. The zero-order valence-electron chi connectivity index (χ0n) is 7.19. The molecule has 0 saturated heterocycles. The van der Waals surface area contributed by atoms with Crippen LogP contribution >= 0.6 is 0 Å². The highest BCUT2D eigenvalue weighted by molar-refractivity contribution is 5.52. The lowest BCUT2D eigenvalue weighted by atomic mass is 10.3. The van der Waals surface area contributed by atoms with Crippen molar-refractivity contribution in [2.75, 3.05) is 11.2 Å². The lowest BCUT2D eigenvalue weighted by molar-refractivity contribution is -0.312. The van der Waals surface area contributed by atoms with E-state index in [9.17, 15) is 0 Å². The van der Waals surface area contributed by atoms with Crippen molar-refractivity contribution < 1.29 is 15.1 Å². The van der Waals surface area contributed by atoms with E-state index in [1.807, 2.05) is 0 Å². The largest absolute Gasteiger partial charge is 0.399 e. The minimum atomic E-state index is -2.20. The van der Waals surface area contributed by atoms with Crippen LogP contribution in [-0.2, 0) is 4.84 Å². The molecular formula is C8H12N2O3. The Kier molecular flexibility index (Phi) is 2.72. The first kappa shape index (κ1) is 9.79. The molecular weight excluding hydrogens is 172 g/mol. The zero-order valence-corrected chi connectivity index (χ0v) is 7.19.